The molecule has 1 saturated heterocycles. The largest absolute Gasteiger partial charge is 0.387 e. The van der Waals surface area contributed by atoms with Crippen LogP contribution >= 0.6 is 0 Å². The average Bonchev–Trinajstić information content (AvgIpc) is 1.77. The second-order valence-corrected chi connectivity index (χ2v) is 2.78. The van der Waals surface area contributed by atoms with Crippen molar-refractivity contribution in [3.05, 3.63) is 0 Å². The molecule has 9 heavy (non-hydrogen) atoms. The molecule has 0 aromatic rings. The van der Waals surface area contributed by atoms with Crippen molar-refractivity contribution in [3.63, 3.8) is 0 Å². The van der Waals surface area contributed by atoms with Crippen LogP contribution in [0, 0.1) is 0 Å². The normalized spacial score (nSPS) is 45.0. The summed E-state index contributed by atoms with van der Waals surface area (Å²) in [5.74, 6) is 0. The van der Waals surface area contributed by atoms with Crippen molar-refractivity contribution in [2.24, 2.45) is 0 Å². The topological polar surface area (TPSA) is 32.3 Å². The molecule has 1 aliphatic heterocycles. The van der Waals surface area contributed by atoms with Crippen LogP contribution in [0.15, 0.2) is 0 Å². The zero-order chi connectivity index (χ0) is 6.91. The van der Waals surface area contributed by atoms with E-state index in [2.05, 4.69) is 5.32 Å². The Kier molecular flexibility index (Phi) is 1.73. The Morgan fingerprint density at radius 3 is 2.78 bits per heavy atom. The van der Waals surface area contributed by atoms with Crippen molar-refractivity contribution in [1.82, 2.24) is 5.32 Å². The third-order valence-electron chi connectivity index (χ3n) is 1.81. The molecule has 1 fully saturated rings. The molecular weight excluding hydrogens is 121 g/mol. The Labute approximate surface area is 54.1 Å². The molecule has 0 aromatic heterocycles. The number of nitrogens with one attached hydrogen (secondary N) is 1. The molecule has 1 aliphatic rings. The summed E-state index contributed by atoms with van der Waals surface area (Å²) in [7, 11) is 0. The van der Waals surface area contributed by atoms with Crippen molar-refractivity contribution in [2.45, 2.75) is 25.1 Å². The zero-order valence-electron chi connectivity index (χ0n) is 5.52. The number of hydrogen-bond acceptors (Lipinski definition) is 2. The highest BCUT2D eigenvalue weighted by atomic mass is 19.1. The van der Waals surface area contributed by atoms with Crippen molar-refractivity contribution in [1.29, 1.82) is 0 Å². The molecule has 0 spiro atoms. The monoisotopic (exact) mass is 133 g/mol. The van der Waals surface area contributed by atoms with Crippen LogP contribution in [0.3, 0.4) is 0 Å². The fourth-order valence-corrected chi connectivity index (χ4v) is 0.947. The van der Waals surface area contributed by atoms with Crippen molar-refractivity contribution >= 4 is 0 Å². The molecule has 2 nitrogen and oxygen atoms in total. The maximum absolute atomic E-state index is 12.6. The van der Waals surface area contributed by atoms with Gasteiger partial charge in [0.05, 0.1) is 5.60 Å². The molecule has 0 aliphatic carbocycles. The fraction of sp³-hybridized carbons (Fsp3) is 1.00. The van der Waals surface area contributed by atoms with E-state index in [1.54, 1.807) is 6.92 Å². The number of alkyl halides is 1. The van der Waals surface area contributed by atoms with Gasteiger partial charge < -0.3 is 10.4 Å². The lowest BCUT2D eigenvalue weighted by Gasteiger charge is -2.31. The molecule has 1 rings (SSSR count). The van der Waals surface area contributed by atoms with Gasteiger partial charge in [-0.2, -0.15) is 0 Å². The van der Waals surface area contributed by atoms with E-state index in [9.17, 15) is 9.50 Å². The highest BCUT2D eigenvalue weighted by molar-refractivity contribution is 4.88. The van der Waals surface area contributed by atoms with E-state index in [1.165, 1.54) is 0 Å². The van der Waals surface area contributed by atoms with Crippen molar-refractivity contribution in [3.8, 4) is 0 Å². The highest BCUT2D eigenvalue weighted by Crippen LogP contribution is 2.19. The van der Waals surface area contributed by atoms with Crippen LogP contribution in [-0.4, -0.2) is 30.0 Å². The van der Waals surface area contributed by atoms with Gasteiger partial charge in [-0.15, -0.1) is 0 Å². The minimum absolute atomic E-state index is 0.285. The van der Waals surface area contributed by atoms with Gasteiger partial charge in [-0.05, 0) is 19.9 Å². The SMILES string of the molecule is C[C@]1(O)CCNC[C@@H]1F. The molecular formula is C6H12FNO. The maximum Gasteiger partial charge on any atom is 0.141 e. The van der Waals surface area contributed by atoms with Gasteiger partial charge in [0.25, 0.3) is 0 Å². The molecule has 0 unspecified atom stereocenters. The van der Waals surface area contributed by atoms with Gasteiger partial charge in [-0.1, -0.05) is 0 Å². The molecule has 0 amide bonds. The molecule has 0 saturated carbocycles. The summed E-state index contributed by atoms with van der Waals surface area (Å²) in [4.78, 5) is 0. The quantitative estimate of drug-likeness (QED) is 0.490. The van der Waals surface area contributed by atoms with Crippen molar-refractivity contribution in [2.75, 3.05) is 13.1 Å². The summed E-state index contributed by atoms with van der Waals surface area (Å²) in [5, 5.41) is 12.1. The van der Waals surface area contributed by atoms with Crippen LogP contribution in [-0.2, 0) is 0 Å². The van der Waals surface area contributed by atoms with E-state index in [1.807, 2.05) is 0 Å². The molecule has 1 heterocycles. The lowest BCUT2D eigenvalue weighted by molar-refractivity contribution is -0.0394. The summed E-state index contributed by atoms with van der Waals surface area (Å²) in [6, 6.07) is 0. The Bertz CT molecular complexity index is 105. The van der Waals surface area contributed by atoms with Crippen LogP contribution in [0.1, 0.15) is 13.3 Å². The predicted molar refractivity (Wildman–Crippen MR) is 33.0 cm³/mol. The van der Waals surface area contributed by atoms with Gasteiger partial charge in [-0.25, -0.2) is 4.39 Å². The number of aliphatic hydroxyl groups is 1. The molecule has 0 bridgehead atoms. The Balaban J connectivity index is 2.49. The van der Waals surface area contributed by atoms with Crippen LogP contribution in [0.5, 0.6) is 0 Å². The van der Waals surface area contributed by atoms with Crippen LogP contribution in [0.2, 0.25) is 0 Å². The smallest absolute Gasteiger partial charge is 0.141 e. The first-order valence-corrected chi connectivity index (χ1v) is 3.20. The summed E-state index contributed by atoms with van der Waals surface area (Å²) in [5.41, 5.74) is -1.09. The van der Waals surface area contributed by atoms with Gasteiger partial charge in [0.2, 0.25) is 0 Å². The third kappa shape index (κ3) is 1.40. The summed E-state index contributed by atoms with van der Waals surface area (Å²) < 4.78 is 12.6. The first kappa shape index (κ1) is 6.96. The number of halogens is 1. The van der Waals surface area contributed by atoms with Gasteiger partial charge in [-0.3, -0.25) is 0 Å². The van der Waals surface area contributed by atoms with Gasteiger partial charge in [0.15, 0.2) is 0 Å². The standard InChI is InChI=1S/C6H12FNO/c1-6(9)2-3-8-4-5(6)7/h5,8-9H,2-4H2,1H3/t5-,6-/m0/s1. The van der Waals surface area contributed by atoms with Crippen LogP contribution in [0.25, 0.3) is 0 Å². The molecule has 54 valence electrons. The number of hydrogen-bond donors (Lipinski definition) is 2. The first-order valence-electron chi connectivity index (χ1n) is 3.20. The minimum atomic E-state index is -1.11. The van der Waals surface area contributed by atoms with E-state index < -0.39 is 11.8 Å². The minimum Gasteiger partial charge on any atom is -0.387 e. The van der Waals surface area contributed by atoms with Crippen LogP contribution < -0.4 is 5.32 Å². The highest BCUT2D eigenvalue weighted by Gasteiger charge is 2.34. The first-order chi connectivity index (χ1) is 4.13. The van der Waals surface area contributed by atoms with E-state index in [0.29, 0.717) is 13.0 Å². The van der Waals surface area contributed by atoms with Crippen molar-refractivity contribution < 1.29 is 9.50 Å². The lowest BCUT2D eigenvalue weighted by Crippen LogP contribution is -2.49. The number of piperidine rings is 1. The molecule has 0 aromatic carbocycles. The Morgan fingerprint density at radius 2 is 2.44 bits per heavy atom. The molecule has 2 N–H and O–H groups in total. The van der Waals surface area contributed by atoms with Gasteiger partial charge >= 0.3 is 0 Å². The van der Waals surface area contributed by atoms with E-state index in [4.69, 9.17) is 0 Å². The van der Waals surface area contributed by atoms with E-state index in [0.717, 1.165) is 0 Å². The van der Waals surface area contributed by atoms with E-state index >= 15 is 0 Å². The van der Waals surface area contributed by atoms with Gasteiger partial charge in [0, 0.05) is 6.54 Å². The summed E-state index contributed by atoms with van der Waals surface area (Å²) in [6.45, 7) is 2.54. The second kappa shape index (κ2) is 2.23. The molecule has 3 heteroatoms. The van der Waals surface area contributed by atoms with E-state index in [-0.39, 0.29) is 6.54 Å². The Hall–Kier alpha value is -0.150. The zero-order valence-corrected chi connectivity index (χ0v) is 5.52. The molecule has 2 atom stereocenters. The Morgan fingerprint density at radius 1 is 1.78 bits per heavy atom. The van der Waals surface area contributed by atoms with Gasteiger partial charge in [0.1, 0.15) is 6.17 Å². The van der Waals surface area contributed by atoms with Crippen LogP contribution in [0.4, 0.5) is 4.39 Å². The fourth-order valence-electron chi connectivity index (χ4n) is 0.947. The summed E-state index contributed by atoms with van der Waals surface area (Å²) >= 11 is 0. The maximum atomic E-state index is 12.6. The third-order valence-corrected chi connectivity index (χ3v) is 1.81. The molecule has 0 radical (unpaired) electrons. The average molecular weight is 133 g/mol. The lowest BCUT2D eigenvalue weighted by atomic mass is 9.93. The second-order valence-electron chi connectivity index (χ2n) is 2.78. The predicted octanol–water partition coefficient (Wildman–Crippen LogP) is 0.0688. The summed E-state index contributed by atoms with van der Waals surface area (Å²) in [6.07, 6.45) is -0.597. The number of rotatable bonds is 0.